The van der Waals surface area contributed by atoms with Crippen molar-refractivity contribution in [1.82, 2.24) is 15.2 Å². The van der Waals surface area contributed by atoms with E-state index in [9.17, 15) is 19.2 Å². The summed E-state index contributed by atoms with van der Waals surface area (Å²) in [5.41, 5.74) is 2.10. The number of ether oxygens (including phenoxy) is 1. The monoisotopic (exact) mass is 651 g/mol. The summed E-state index contributed by atoms with van der Waals surface area (Å²) in [6.07, 6.45) is 1.19. The number of oxime groups is 1. The van der Waals surface area contributed by atoms with Crippen LogP contribution in [0.15, 0.2) is 95.1 Å². The zero-order valence-corrected chi connectivity index (χ0v) is 25.4. The van der Waals surface area contributed by atoms with E-state index in [-0.39, 0.29) is 34.7 Å². The van der Waals surface area contributed by atoms with Gasteiger partial charge in [-0.05, 0) is 16.7 Å². The molecule has 3 aromatic rings. The molecule has 1 fully saturated rings. The van der Waals surface area contributed by atoms with Gasteiger partial charge in [-0.25, -0.2) is 9.78 Å². The van der Waals surface area contributed by atoms with Gasteiger partial charge < -0.3 is 20.2 Å². The van der Waals surface area contributed by atoms with Crippen molar-refractivity contribution in [1.29, 1.82) is 0 Å². The van der Waals surface area contributed by atoms with E-state index >= 15 is 0 Å². The molecule has 2 aliphatic heterocycles. The Bertz CT molecular complexity index is 1570. The van der Waals surface area contributed by atoms with Crippen molar-refractivity contribution < 1.29 is 28.8 Å². The third-order valence-electron chi connectivity index (χ3n) is 6.61. The lowest BCUT2D eigenvalue weighted by atomic mass is 10.0. The number of halogens is 1. The largest absolute Gasteiger partial charge is 0.448 e. The SMILES string of the molecule is C=CCON=C(C(=O)NC1C(=O)N2C(C(=O)OC(c3ccccc3)c3ccccc3)=C(CCl)CS[C@H]12)c1csc(NC=O)n1. The predicted octanol–water partition coefficient (Wildman–Crippen LogP) is 3.84. The van der Waals surface area contributed by atoms with Crippen LogP contribution in [0, 0.1) is 0 Å². The summed E-state index contributed by atoms with van der Waals surface area (Å²) in [6.45, 7) is 3.58. The number of benzene rings is 2. The number of carbonyl (C=O) groups excluding carboxylic acids is 4. The average molecular weight is 652 g/mol. The summed E-state index contributed by atoms with van der Waals surface area (Å²) < 4.78 is 6.06. The molecule has 1 saturated heterocycles. The molecule has 2 N–H and O–H groups in total. The van der Waals surface area contributed by atoms with Gasteiger partial charge in [0.1, 0.15) is 29.4 Å². The molecule has 0 bridgehead atoms. The number of nitrogens with one attached hydrogen (secondary N) is 2. The quantitative estimate of drug-likeness (QED) is 0.0415. The number of rotatable bonds is 13. The van der Waals surface area contributed by atoms with Crippen LogP contribution in [0.1, 0.15) is 22.9 Å². The number of hydrogen-bond acceptors (Lipinski definition) is 10. The third-order valence-corrected chi connectivity index (χ3v) is 9.05. The van der Waals surface area contributed by atoms with Gasteiger partial charge in [0, 0.05) is 17.0 Å². The predicted molar refractivity (Wildman–Crippen MR) is 168 cm³/mol. The number of esters is 1. The lowest BCUT2D eigenvalue weighted by Gasteiger charge is -2.49. The second-order valence-corrected chi connectivity index (χ2v) is 11.6. The number of anilines is 1. The van der Waals surface area contributed by atoms with Gasteiger partial charge in [0.2, 0.25) is 6.41 Å². The molecule has 2 aromatic carbocycles. The molecule has 14 heteroatoms. The van der Waals surface area contributed by atoms with Gasteiger partial charge in [0.25, 0.3) is 11.8 Å². The van der Waals surface area contributed by atoms with Gasteiger partial charge in [0.05, 0.1) is 0 Å². The summed E-state index contributed by atoms with van der Waals surface area (Å²) in [5, 5.41) is 10.2. The minimum absolute atomic E-state index is 0.0186. The number of thiazole rings is 1. The van der Waals surface area contributed by atoms with Crippen molar-refractivity contribution in [3.63, 3.8) is 0 Å². The summed E-state index contributed by atoms with van der Waals surface area (Å²) in [4.78, 5) is 62.1. The average Bonchev–Trinajstić information content (AvgIpc) is 3.52. The maximum absolute atomic E-state index is 13.8. The van der Waals surface area contributed by atoms with E-state index < -0.39 is 35.3 Å². The molecule has 0 radical (unpaired) electrons. The first-order valence-corrected chi connectivity index (χ1v) is 15.7. The van der Waals surface area contributed by atoms with E-state index in [1.165, 1.54) is 28.1 Å². The van der Waals surface area contributed by atoms with Crippen LogP contribution in [-0.2, 0) is 28.8 Å². The number of fused-ring (bicyclic) bond motifs is 1. The summed E-state index contributed by atoms with van der Waals surface area (Å²) in [6, 6.07) is 17.6. The first-order chi connectivity index (χ1) is 21.5. The van der Waals surface area contributed by atoms with Crippen LogP contribution in [0.2, 0.25) is 0 Å². The number of carbonyl (C=O) groups is 4. The molecule has 5 rings (SSSR count). The van der Waals surface area contributed by atoms with Crippen molar-refractivity contribution in [2.45, 2.75) is 17.5 Å². The smallest absolute Gasteiger partial charge is 0.356 e. The molecular weight excluding hydrogens is 626 g/mol. The lowest BCUT2D eigenvalue weighted by Crippen LogP contribution is -2.71. The Balaban J connectivity index is 1.36. The molecule has 0 spiro atoms. The van der Waals surface area contributed by atoms with Crippen LogP contribution < -0.4 is 10.6 Å². The standard InChI is InChI=1S/C30H26ClN5O6S2/c1-2-13-41-35-22(21-16-44-30(33-21)32-17-37)26(38)34-23-27(39)36-24(20(14-31)15-43-28(23)36)29(40)42-25(18-9-5-3-6-10-18)19-11-7-4-8-12-19/h2-12,16-17,23,25,28H,1,13-15H2,(H,34,38)(H,32,33,37)/t23?,28-/m1/s1. The first kappa shape index (κ1) is 31.0. The summed E-state index contributed by atoms with van der Waals surface area (Å²) >= 11 is 8.68. The van der Waals surface area contributed by atoms with Crippen LogP contribution in [0.25, 0.3) is 0 Å². The van der Waals surface area contributed by atoms with Gasteiger partial charge in [-0.1, -0.05) is 78.5 Å². The van der Waals surface area contributed by atoms with Crippen molar-refractivity contribution in [3.05, 3.63) is 107 Å². The molecule has 0 saturated carbocycles. The van der Waals surface area contributed by atoms with Gasteiger partial charge >= 0.3 is 5.97 Å². The van der Waals surface area contributed by atoms with Crippen LogP contribution in [0.5, 0.6) is 0 Å². The molecule has 11 nitrogen and oxygen atoms in total. The molecule has 1 unspecified atom stereocenters. The number of hydrogen-bond donors (Lipinski definition) is 2. The minimum Gasteiger partial charge on any atom is -0.448 e. The van der Waals surface area contributed by atoms with E-state index in [2.05, 4.69) is 27.4 Å². The van der Waals surface area contributed by atoms with E-state index in [4.69, 9.17) is 21.2 Å². The van der Waals surface area contributed by atoms with Gasteiger partial charge in [0.15, 0.2) is 16.9 Å². The Kier molecular flexibility index (Phi) is 10.1. The zero-order chi connectivity index (χ0) is 31.1. The second kappa shape index (κ2) is 14.3. The number of nitrogens with zero attached hydrogens (tertiary/aromatic N) is 3. The van der Waals surface area contributed by atoms with Crippen LogP contribution in [0.4, 0.5) is 5.13 Å². The molecule has 2 atom stereocenters. The van der Waals surface area contributed by atoms with Gasteiger partial charge in [-0.2, -0.15) is 0 Å². The highest BCUT2D eigenvalue weighted by Gasteiger charge is 2.55. The Morgan fingerprint density at radius 2 is 1.84 bits per heavy atom. The maximum Gasteiger partial charge on any atom is 0.356 e. The fourth-order valence-corrected chi connectivity index (χ4v) is 6.92. The topological polar surface area (TPSA) is 139 Å². The van der Waals surface area contributed by atoms with E-state index in [0.717, 1.165) is 22.5 Å². The number of thioether (sulfide) groups is 1. The molecule has 2 aliphatic rings. The number of alkyl halides is 1. The van der Waals surface area contributed by atoms with Gasteiger partial charge in [-0.15, -0.1) is 34.7 Å². The molecule has 3 amide bonds. The van der Waals surface area contributed by atoms with Crippen molar-refractivity contribution >= 4 is 69.7 Å². The molecule has 0 aliphatic carbocycles. The van der Waals surface area contributed by atoms with E-state index in [1.807, 2.05) is 60.7 Å². The number of β-lactam (4-membered cyclic amide) rings is 1. The highest BCUT2D eigenvalue weighted by atomic mass is 35.5. The molecular formula is C30H26ClN5O6S2. The zero-order valence-electron chi connectivity index (χ0n) is 23.1. The minimum atomic E-state index is -0.970. The van der Waals surface area contributed by atoms with Gasteiger partial charge in [-0.3, -0.25) is 19.3 Å². The molecule has 226 valence electrons. The van der Waals surface area contributed by atoms with Crippen LogP contribution >= 0.6 is 34.7 Å². The second-order valence-electron chi connectivity index (χ2n) is 9.38. The highest BCUT2D eigenvalue weighted by molar-refractivity contribution is 8.00. The first-order valence-electron chi connectivity index (χ1n) is 13.3. The molecule has 1 aromatic heterocycles. The fourth-order valence-electron chi connectivity index (χ4n) is 4.59. The summed E-state index contributed by atoms with van der Waals surface area (Å²) in [5.74, 6) is -1.55. The fraction of sp³-hybridized carbons (Fsp3) is 0.200. The Labute approximate surface area is 265 Å². The Morgan fingerprint density at radius 1 is 1.16 bits per heavy atom. The van der Waals surface area contributed by atoms with Crippen LogP contribution in [0.3, 0.4) is 0 Å². The summed E-state index contributed by atoms with van der Waals surface area (Å²) in [7, 11) is 0. The van der Waals surface area contributed by atoms with E-state index in [0.29, 0.717) is 17.7 Å². The van der Waals surface area contributed by atoms with Crippen molar-refractivity contribution in [2.75, 3.05) is 23.6 Å². The Hall–Kier alpha value is -4.46. The van der Waals surface area contributed by atoms with Crippen molar-refractivity contribution in [3.8, 4) is 0 Å². The number of amides is 3. The molecule has 44 heavy (non-hydrogen) atoms. The highest BCUT2D eigenvalue weighted by Crippen LogP contribution is 2.42. The third kappa shape index (κ3) is 6.54. The normalized spacial score (nSPS) is 17.8. The van der Waals surface area contributed by atoms with E-state index in [1.54, 1.807) is 0 Å². The Morgan fingerprint density at radius 3 is 2.45 bits per heavy atom. The van der Waals surface area contributed by atoms with Crippen LogP contribution in [-0.4, -0.2) is 69.4 Å². The maximum atomic E-state index is 13.8. The number of aromatic nitrogens is 1. The van der Waals surface area contributed by atoms with Crippen molar-refractivity contribution in [2.24, 2.45) is 5.16 Å². The lowest BCUT2D eigenvalue weighted by molar-refractivity contribution is -0.154. The molecule has 3 heterocycles.